The topological polar surface area (TPSA) is 63.2 Å². The molecule has 0 heterocycles. The first kappa shape index (κ1) is 18.7. The van der Waals surface area contributed by atoms with Crippen molar-refractivity contribution in [3.05, 3.63) is 77.4 Å². The minimum absolute atomic E-state index is 0.0130. The summed E-state index contributed by atoms with van der Waals surface area (Å²) in [4.78, 5) is 12.4. The first-order valence-electron chi connectivity index (χ1n) is 9.59. The predicted molar refractivity (Wildman–Crippen MR) is 113 cm³/mol. The molecule has 0 spiro atoms. The predicted octanol–water partition coefficient (Wildman–Crippen LogP) is 4.27. The SMILES string of the molecule is O=C(CCCS(=O)(=O)Cc1ccccc1)Nc1ccc2c3c(cccc13)CC2. The van der Waals surface area contributed by atoms with Crippen LogP contribution in [0.5, 0.6) is 0 Å². The van der Waals surface area contributed by atoms with Crippen molar-refractivity contribution < 1.29 is 13.2 Å². The highest BCUT2D eigenvalue weighted by molar-refractivity contribution is 7.90. The fourth-order valence-corrected chi connectivity index (χ4v) is 5.35. The number of anilines is 1. The van der Waals surface area contributed by atoms with Gasteiger partial charge < -0.3 is 5.32 Å². The Morgan fingerprint density at radius 2 is 1.64 bits per heavy atom. The number of sulfone groups is 1. The number of nitrogens with one attached hydrogen (secondary N) is 1. The van der Waals surface area contributed by atoms with Crippen LogP contribution in [0.15, 0.2) is 60.7 Å². The van der Waals surface area contributed by atoms with Crippen LogP contribution in [-0.4, -0.2) is 20.1 Å². The van der Waals surface area contributed by atoms with E-state index in [1.54, 1.807) is 12.1 Å². The minimum atomic E-state index is -3.22. The van der Waals surface area contributed by atoms with Crippen molar-refractivity contribution in [1.29, 1.82) is 0 Å². The van der Waals surface area contributed by atoms with Gasteiger partial charge in [0.05, 0.1) is 11.5 Å². The van der Waals surface area contributed by atoms with Gasteiger partial charge in [0.15, 0.2) is 9.84 Å². The molecular formula is C23H23NO3S. The molecule has 0 bridgehead atoms. The Kier molecular flexibility index (Phi) is 5.18. The molecule has 0 saturated heterocycles. The van der Waals surface area contributed by atoms with E-state index in [4.69, 9.17) is 0 Å². The molecule has 1 N–H and O–H groups in total. The summed E-state index contributed by atoms with van der Waals surface area (Å²) in [7, 11) is -3.22. The van der Waals surface area contributed by atoms with Gasteiger partial charge in [-0.2, -0.15) is 0 Å². The second kappa shape index (κ2) is 7.76. The molecule has 0 aromatic heterocycles. The zero-order valence-corrected chi connectivity index (χ0v) is 16.5. The van der Waals surface area contributed by atoms with Crippen LogP contribution in [0.1, 0.15) is 29.5 Å². The number of rotatable bonds is 7. The lowest BCUT2D eigenvalue weighted by Crippen LogP contribution is -2.15. The van der Waals surface area contributed by atoms with Crippen LogP contribution < -0.4 is 5.32 Å². The molecule has 1 aliphatic rings. The van der Waals surface area contributed by atoms with E-state index in [0.29, 0.717) is 6.42 Å². The Morgan fingerprint density at radius 1 is 0.893 bits per heavy atom. The fraction of sp³-hybridized carbons (Fsp3) is 0.261. The van der Waals surface area contributed by atoms with Crippen molar-refractivity contribution in [1.82, 2.24) is 0 Å². The van der Waals surface area contributed by atoms with Crippen LogP contribution in [0, 0.1) is 0 Å². The highest BCUT2D eigenvalue weighted by Crippen LogP contribution is 2.35. The van der Waals surface area contributed by atoms with E-state index < -0.39 is 9.84 Å². The molecular weight excluding hydrogens is 370 g/mol. The maximum Gasteiger partial charge on any atom is 0.224 e. The van der Waals surface area contributed by atoms with Gasteiger partial charge in [-0.25, -0.2) is 8.42 Å². The lowest BCUT2D eigenvalue weighted by molar-refractivity contribution is -0.116. The largest absolute Gasteiger partial charge is 0.326 e. The van der Waals surface area contributed by atoms with Crippen LogP contribution in [0.2, 0.25) is 0 Å². The van der Waals surface area contributed by atoms with Crippen LogP contribution in [0.4, 0.5) is 5.69 Å². The molecule has 4 rings (SSSR count). The summed E-state index contributed by atoms with van der Waals surface area (Å²) in [6.07, 6.45) is 2.60. The van der Waals surface area contributed by atoms with Crippen LogP contribution in [0.3, 0.4) is 0 Å². The average molecular weight is 394 g/mol. The Hall–Kier alpha value is -2.66. The number of carbonyl (C=O) groups is 1. The smallest absolute Gasteiger partial charge is 0.224 e. The normalized spacial score (nSPS) is 13.0. The Labute approximate surface area is 165 Å². The lowest BCUT2D eigenvalue weighted by atomic mass is 10.0. The van der Waals surface area contributed by atoms with Crippen molar-refractivity contribution >= 4 is 32.2 Å². The molecule has 1 amide bonds. The third-order valence-electron chi connectivity index (χ3n) is 5.24. The number of benzene rings is 3. The van der Waals surface area contributed by atoms with Gasteiger partial charge in [0, 0.05) is 17.5 Å². The maximum absolute atomic E-state index is 12.4. The van der Waals surface area contributed by atoms with Gasteiger partial charge in [-0.05, 0) is 47.4 Å². The number of hydrogen-bond acceptors (Lipinski definition) is 3. The van der Waals surface area contributed by atoms with E-state index in [1.165, 1.54) is 16.5 Å². The summed E-state index contributed by atoms with van der Waals surface area (Å²) in [6.45, 7) is 0. The van der Waals surface area contributed by atoms with E-state index in [9.17, 15) is 13.2 Å². The standard InChI is InChI=1S/C23H23NO3S/c25-22(10-5-15-28(26,27)16-17-6-2-1-3-7-17)24-21-14-13-19-12-11-18-8-4-9-20(21)23(18)19/h1-4,6-9,13-14H,5,10-12,15-16H2,(H,24,25). The van der Waals surface area contributed by atoms with Crippen LogP contribution >= 0.6 is 0 Å². The van der Waals surface area contributed by atoms with Gasteiger partial charge >= 0.3 is 0 Å². The van der Waals surface area contributed by atoms with Gasteiger partial charge in [-0.15, -0.1) is 0 Å². The third-order valence-corrected chi connectivity index (χ3v) is 6.92. The van der Waals surface area contributed by atoms with Gasteiger partial charge in [-0.1, -0.05) is 54.6 Å². The Morgan fingerprint density at radius 3 is 2.43 bits per heavy atom. The van der Waals surface area contributed by atoms with Crippen molar-refractivity contribution in [3.63, 3.8) is 0 Å². The molecule has 0 atom stereocenters. The molecule has 0 aliphatic heterocycles. The summed E-state index contributed by atoms with van der Waals surface area (Å²) < 4.78 is 24.5. The molecule has 144 valence electrons. The quantitative estimate of drug-likeness (QED) is 0.652. The van der Waals surface area contributed by atoms with E-state index in [2.05, 4.69) is 17.4 Å². The lowest BCUT2D eigenvalue weighted by Gasteiger charge is -2.11. The first-order chi connectivity index (χ1) is 13.5. The number of amides is 1. The van der Waals surface area contributed by atoms with Crippen LogP contribution in [-0.2, 0) is 33.2 Å². The van der Waals surface area contributed by atoms with Gasteiger partial charge in [0.2, 0.25) is 5.91 Å². The molecule has 0 unspecified atom stereocenters. The van der Waals surface area contributed by atoms with Crippen LogP contribution in [0.25, 0.3) is 10.8 Å². The van der Waals surface area contributed by atoms with E-state index in [1.807, 2.05) is 36.4 Å². The fourth-order valence-electron chi connectivity index (χ4n) is 3.92. The molecule has 0 saturated carbocycles. The van der Waals surface area contributed by atoms with E-state index in [0.717, 1.165) is 29.5 Å². The maximum atomic E-state index is 12.4. The second-order valence-electron chi connectivity index (χ2n) is 7.34. The molecule has 0 radical (unpaired) electrons. The third kappa shape index (κ3) is 4.09. The minimum Gasteiger partial charge on any atom is -0.326 e. The number of hydrogen-bond donors (Lipinski definition) is 1. The van der Waals surface area contributed by atoms with Crippen molar-refractivity contribution in [2.24, 2.45) is 0 Å². The Bertz CT molecular complexity index is 1110. The van der Waals surface area contributed by atoms with Crippen molar-refractivity contribution in [2.45, 2.75) is 31.4 Å². The molecule has 28 heavy (non-hydrogen) atoms. The molecule has 1 aliphatic carbocycles. The second-order valence-corrected chi connectivity index (χ2v) is 9.53. The number of carbonyl (C=O) groups excluding carboxylic acids is 1. The van der Waals surface area contributed by atoms with Gasteiger partial charge in [0.1, 0.15) is 0 Å². The molecule has 5 heteroatoms. The molecule has 3 aromatic carbocycles. The average Bonchev–Trinajstić information content (AvgIpc) is 3.09. The highest BCUT2D eigenvalue weighted by Gasteiger charge is 2.17. The molecule has 0 fully saturated rings. The van der Waals surface area contributed by atoms with E-state index in [-0.39, 0.29) is 23.8 Å². The Balaban J connectivity index is 1.36. The molecule has 3 aromatic rings. The first-order valence-corrected chi connectivity index (χ1v) is 11.4. The zero-order valence-electron chi connectivity index (χ0n) is 15.6. The van der Waals surface area contributed by atoms with Gasteiger partial charge in [0.25, 0.3) is 0 Å². The summed E-state index contributed by atoms with van der Waals surface area (Å²) in [5.41, 5.74) is 4.24. The summed E-state index contributed by atoms with van der Waals surface area (Å²) in [5, 5.41) is 5.29. The van der Waals surface area contributed by atoms with E-state index >= 15 is 0 Å². The monoisotopic (exact) mass is 393 g/mol. The van der Waals surface area contributed by atoms with Crippen molar-refractivity contribution in [2.75, 3.05) is 11.1 Å². The number of aryl methyl sites for hydroxylation is 2. The summed E-state index contributed by atoms with van der Waals surface area (Å²) in [5.74, 6) is -0.114. The zero-order chi connectivity index (χ0) is 19.6. The van der Waals surface area contributed by atoms with Gasteiger partial charge in [-0.3, -0.25) is 4.79 Å². The molecule has 4 nitrogen and oxygen atoms in total. The highest BCUT2D eigenvalue weighted by atomic mass is 32.2. The van der Waals surface area contributed by atoms with Crippen molar-refractivity contribution in [3.8, 4) is 0 Å². The summed E-state index contributed by atoms with van der Waals surface area (Å²) >= 11 is 0. The summed E-state index contributed by atoms with van der Waals surface area (Å²) in [6, 6.07) is 19.4.